The van der Waals surface area contributed by atoms with Crippen LogP contribution in [0.2, 0.25) is 0 Å². The largest absolute Gasteiger partial charge is 0.378 e. The highest BCUT2D eigenvalue weighted by Gasteiger charge is 2.19. The number of hydrogen-bond donors (Lipinski definition) is 1. The van der Waals surface area contributed by atoms with Crippen LogP contribution < -0.4 is 10.2 Å². The highest BCUT2D eigenvalue weighted by atomic mass is 19.1. The number of urea groups is 1. The molecule has 0 saturated carbocycles. The maximum atomic E-state index is 14.6. The number of anilines is 2. The van der Waals surface area contributed by atoms with Crippen molar-refractivity contribution in [1.29, 1.82) is 0 Å². The van der Waals surface area contributed by atoms with Crippen LogP contribution in [0, 0.1) is 5.82 Å². The van der Waals surface area contributed by atoms with Gasteiger partial charge in [-0.1, -0.05) is 0 Å². The third kappa shape index (κ3) is 3.68. The zero-order chi connectivity index (χ0) is 20.5. The molecular weight excluding hydrogens is 387 g/mol. The van der Waals surface area contributed by atoms with Crippen molar-refractivity contribution in [2.45, 2.75) is 12.8 Å². The summed E-state index contributed by atoms with van der Waals surface area (Å²) in [6.45, 7) is 4.49. The molecule has 0 atom stereocenters. The van der Waals surface area contributed by atoms with Crippen molar-refractivity contribution in [3.05, 3.63) is 42.5 Å². The zero-order valence-corrected chi connectivity index (χ0v) is 16.6. The average molecular weight is 410 g/mol. The van der Waals surface area contributed by atoms with E-state index in [2.05, 4.69) is 20.3 Å². The van der Waals surface area contributed by atoms with Gasteiger partial charge in [-0.15, -0.1) is 0 Å². The van der Waals surface area contributed by atoms with Crippen molar-refractivity contribution >= 4 is 23.1 Å². The lowest BCUT2D eigenvalue weighted by Crippen LogP contribution is -2.36. The number of carbonyl (C=O) groups excluding carboxylic acids is 1. The van der Waals surface area contributed by atoms with Gasteiger partial charge in [0.1, 0.15) is 5.82 Å². The third-order valence-corrected chi connectivity index (χ3v) is 5.57. The summed E-state index contributed by atoms with van der Waals surface area (Å²) >= 11 is 0. The quantitative estimate of drug-likeness (QED) is 0.719. The van der Waals surface area contributed by atoms with Gasteiger partial charge in [0.15, 0.2) is 5.65 Å². The lowest BCUT2D eigenvalue weighted by molar-refractivity contribution is 0.122. The Balaban J connectivity index is 1.41. The van der Waals surface area contributed by atoms with Crippen LogP contribution in [0.5, 0.6) is 0 Å². The Kier molecular flexibility index (Phi) is 4.96. The minimum Gasteiger partial charge on any atom is -0.378 e. The first-order chi connectivity index (χ1) is 14.7. The Morgan fingerprint density at radius 3 is 2.70 bits per heavy atom. The molecule has 2 aliphatic rings. The van der Waals surface area contributed by atoms with E-state index in [4.69, 9.17) is 4.74 Å². The zero-order valence-electron chi connectivity index (χ0n) is 16.6. The molecule has 30 heavy (non-hydrogen) atoms. The van der Waals surface area contributed by atoms with Gasteiger partial charge in [-0.25, -0.2) is 18.7 Å². The van der Waals surface area contributed by atoms with Gasteiger partial charge in [-0.05, 0) is 31.0 Å². The molecule has 0 spiro atoms. The van der Waals surface area contributed by atoms with E-state index in [-0.39, 0.29) is 6.03 Å². The number of likely N-dealkylation sites (tertiary alicyclic amines) is 1. The van der Waals surface area contributed by atoms with Crippen LogP contribution in [-0.4, -0.2) is 64.9 Å². The highest BCUT2D eigenvalue weighted by molar-refractivity contribution is 5.90. The van der Waals surface area contributed by atoms with E-state index in [0.717, 1.165) is 44.7 Å². The number of amides is 2. The monoisotopic (exact) mass is 410 g/mol. The second kappa shape index (κ2) is 7.91. The fourth-order valence-electron chi connectivity index (χ4n) is 3.91. The summed E-state index contributed by atoms with van der Waals surface area (Å²) in [5.41, 5.74) is 2.95. The first-order valence-electron chi connectivity index (χ1n) is 10.2. The van der Waals surface area contributed by atoms with Crippen molar-refractivity contribution in [3.63, 3.8) is 0 Å². The number of imidazole rings is 1. The molecule has 5 rings (SSSR count). The van der Waals surface area contributed by atoms with E-state index in [0.29, 0.717) is 35.8 Å². The van der Waals surface area contributed by atoms with Gasteiger partial charge < -0.3 is 19.9 Å². The molecule has 8 nitrogen and oxygen atoms in total. The predicted octanol–water partition coefficient (Wildman–Crippen LogP) is 3.00. The number of fused-ring (bicyclic) bond motifs is 1. The topological polar surface area (TPSA) is 75.0 Å². The summed E-state index contributed by atoms with van der Waals surface area (Å²) in [5.74, 6) is -0.397. The Morgan fingerprint density at radius 2 is 1.90 bits per heavy atom. The van der Waals surface area contributed by atoms with Crippen molar-refractivity contribution < 1.29 is 13.9 Å². The van der Waals surface area contributed by atoms with Crippen LogP contribution in [0.1, 0.15) is 12.8 Å². The fourth-order valence-corrected chi connectivity index (χ4v) is 3.91. The normalized spacial score (nSPS) is 17.0. The number of nitrogens with zero attached hydrogens (tertiary/aromatic N) is 5. The van der Waals surface area contributed by atoms with Gasteiger partial charge in [0.2, 0.25) is 0 Å². The number of morpholine rings is 1. The molecule has 2 amide bonds. The van der Waals surface area contributed by atoms with Gasteiger partial charge >= 0.3 is 6.03 Å². The number of nitrogens with one attached hydrogen (secondary N) is 1. The van der Waals surface area contributed by atoms with Gasteiger partial charge in [0.05, 0.1) is 37.0 Å². The molecule has 3 aromatic rings. The Labute approximate surface area is 173 Å². The van der Waals surface area contributed by atoms with E-state index in [1.54, 1.807) is 33.9 Å². The predicted molar refractivity (Wildman–Crippen MR) is 111 cm³/mol. The fraction of sp³-hybridized carbons (Fsp3) is 0.381. The second-order valence-electron chi connectivity index (χ2n) is 7.56. The van der Waals surface area contributed by atoms with Gasteiger partial charge in [-0.2, -0.15) is 5.10 Å². The Morgan fingerprint density at radius 1 is 1.10 bits per heavy atom. The molecule has 4 heterocycles. The van der Waals surface area contributed by atoms with Crippen LogP contribution in [0.4, 0.5) is 20.6 Å². The highest BCUT2D eigenvalue weighted by Crippen LogP contribution is 2.27. The molecule has 2 saturated heterocycles. The van der Waals surface area contributed by atoms with Crippen LogP contribution >= 0.6 is 0 Å². The molecule has 0 aliphatic carbocycles. The lowest BCUT2D eigenvalue weighted by Gasteiger charge is -2.28. The van der Waals surface area contributed by atoms with Crippen LogP contribution in [0.15, 0.2) is 36.7 Å². The smallest absolute Gasteiger partial charge is 0.321 e. The van der Waals surface area contributed by atoms with E-state index >= 15 is 0 Å². The van der Waals surface area contributed by atoms with Crippen molar-refractivity contribution in [3.8, 4) is 11.3 Å². The average Bonchev–Trinajstić information content (AvgIpc) is 3.45. The van der Waals surface area contributed by atoms with Crippen LogP contribution in [0.3, 0.4) is 0 Å². The van der Waals surface area contributed by atoms with E-state index in [1.807, 2.05) is 6.07 Å². The summed E-state index contributed by atoms with van der Waals surface area (Å²) in [6, 6.07) is 6.33. The lowest BCUT2D eigenvalue weighted by atomic mass is 10.1. The number of carbonyl (C=O) groups is 1. The van der Waals surface area contributed by atoms with Crippen molar-refractivity contribution in [2.24, 2.45) is 0 Å². The molecule has 2 aliphatic heterocycles. The SMILES string of the molecule is O=C(Nc1ccc(F)c(-c2cn3ncc(N4CCOCC4)cc3n2)c1)N1CCCC1. The molecular formula is C21H23FN6O2. The summed E-state index contributed by atoms with van der Waals surface area (Å²) in [5, 5.41) is 7.29. The van der Waals surface area contributed by atoms with Gasteiger partial charge in [0.25, 0.3) is 0 Å². The van der Waals surface area contributed by atoms with Gasteiger partial charge in [-0.3, -0.25) is 0 Å². The number of ether oxygens (including phenoxy) is 1. The number of halogens is 1. The molecule has 2 fully saturated rings. The molecule has 156 valence electrons. The first-order valence-corrected chi connectivity index (χ1v) is 10.2. The van der Waals surface area contributed by atoms with Crippen molar-refractivity contribution in [1.82, 2.24) is 19.5 Å². The summed E-state index contributed by atoms with van der Waals surface area (Å²) in [6.07, 6.45) is 5.52. The Hall–Kier alpha value is -3.20. The Bertz CT molecular complexity index is 1070. The molecule has 2 aromatic heterocycles. The maximum absolute atomic E-state index is 14.6. The molecule has 1 N–H and O–H groups in total. The van der Waals surface area contributed by atoms with Crippen LogP contribution in [0.25, 0.3) is 16.9 Å². The molecule has 0 bridgehead atoms. The first kappa shape index (κ1) is 18.8. The minimum absolute atomic E-state index is 0.156. The van der Waals surface area contributed by atoms with E-state index < -0.39 is 5.82 Å². The minimum atomic E-state index is -0.397. The van der Waals surface area contributed by atoms with Crippen molar-refractivity contribution in [2.75, 3.05) is 49.6 Å². The number of hydrogen-bond acceptors (Lipinski definition) is 5. The maximum Gasteiger partial charge on any atom is 0.321 e. The second-order valence-corrected chi connectivity index (χ2v) is 7.56. The number of rotatable bonds is 3. The molecule has 0 radical (unpaired) electrons. The number of benzene rings is 1. The van der Waals surface area contributed by atoms with Crippen LogP contribution in [-0.2, 0) is 4.74 Å². The standard InChI is InChI=1S/C21H23FN6O2/c22-18-4-3-15(24-21(29)27-5-1-2-6-27)11-17(18)19-14-28-20(25-19)12-16(13-23-28)26-7-9-30-10-8-26/h3-4,11-14H,1-2,5-10H2,(H,24,29). The van der Waals surface area contributed by atoms with E-state index in [1.165, 1.54) is 6.07 Å². The third-order valence-electron chi connectivity index (χ3n) is 5.57. The summed E-state index contributed by atoms with van der Waals surface area (Å²) < 4.78 is 21.6. The molecule has 9 heteroatoms. The summed E-state index contributed by atoms with van der Waals surface area (Å²) in [7, 11) is 0. The number of aromatic nitrogens is 3. The summed E-state index contributed by atoms with van der Waals surface area (Å²) in [4.78, 5) is 20.9. The van der Waals surface area contributed by atoms with Gasteiger partial charge in [0, 0.05) is 43.5 Å². The molecule has 0 unspecified atom stereocenters. The van der Waals surface area contributed by atoms with E-state index in [9.17, 15) is 9.18 Å². The molecule has 1 aromatic carbocycles.